The molecule has 0 saturated carbocycles. The fourth-order valence-corrected chi connectivity index (χ4v) is 1.44. The van der Waals surface area contributed by atoms with E-state index in [0.29, 0.717) is 0 Å². The van der Waals surface area contributed by atoms with Crippen molar-refractivity contribution in [1.82, 2.24) is 5.32 Å². The molecule has 3 heteroatoms. The minimum Gasteiger partial charge on any atom is -0.469 e. The Kier molecular flexibility index (Phi) is 2.87. The van der Waals surface area contributed by atoms with Gasteiger partial charge in [0.2, 0.25) is 0 Å². The van der Waals surface area contributed by atoms with Gasteiger partial charge >= 0.3 is 5.97 Å². The van der Waals surface area contributed by atoms with E-state index in [-0.39, 0.29) is 11.4 Å². The van der Waals surface area contributed by atoms with Gasteiger partial charge in [0, 0.05) is 13.1 Å². The monoisotopic (exact) mass is 169 g/mol. The highest BCUT2D eigenvalue weighted by molar-refractivity contribution is 5.78. The second-order valence-electron chi connectivity index (χ2n) is 3.20. The van der Waals surface area contributed by atoms with Crippen LogP contribution < -0.4 is 5.32 Å². The van der Waals surface area contributed by atoms with Crippen LogP contribution in [0.25, 0.3) is 0 Å². The van der Waals surface area contributed by atoms with Crippen molar-refractivity contribution in [2.24, 2.45) is 5.41 Å². The van der Waals surface area contributed by atoms with Crippen LogP contribution in [0.15, 0.2) is 12.7 Å². The van der Waals surface area contributed by atoms with Gasteiger partial charge in [0.1, 0.15) is 0 Å². The summed E-state index contributed by atoms with van der Waals surface area (Å²) in [6, 6.07) is 0. The van der Waals surface area contributed by atoms with Gasteiger partial charge in [-0.25, -0.2) is 0 Å². The second kappa shape index (κ2) is 3.72. The van der Waals surface area contributed by atoms with Gasteiger partial charge in [0.05, 0.1) is 12.5 Å². The molecule has 12 heavy (non-hydrogen) atoms. The summed E-state index contributed by atoms with van der Waals surface area (Å²) < 4.78 is 4.74. The number of rotatable bonds is 4. The molecular formula is C9H15NO2. The number of methoxy groups -OCH3 is 1. The van der Waals surface area contributed by atoms with Crippen LogP contribution in [0.5, 0.6) is 0 Å². The maximum Gasteiger partial charge on any atom is 0.314 e. The Bertz CT molecular complexity index is 185. The molecule has 0 spiro atoms. The predicted molar refractivity (Wildman–Crippen MR) is 46.7 cm³/mol. The molecule has 0 aromatic carbocycles. The van der Waals surface area contributed by atoms with Gasteiger partial charge in [0.15, 0.2) is 0 Å². The number of carbonyl (C=O) groups is 1. The lowest BCUT2D eigenvalue weighted by Crippen LogP contribution is -2.58. The molecule has 0 atom stereocenters. The fraction of sp³-hybridized carbons (Fsp3) is 0.667. The normalized spacial score (nSPS) is 19.4. The van der Waals surface area contributed by atoms with Crippen LogP contribution >= 0.6 is 0 Å². The lowest BCUT2D eigenvalue weighted by molar-refractivity contribution is -0.156. The molecule has 1 saturated heterocycles. The van der Waals surface area contributed by atoms with E-state index in [2.05, 4.69) is 11.9 Å². The number of allylic oxidation sites excluding steroid dienone is 1. The first-order chi connectivity index (χ1) is 5.75. The quantitative estimate of drug-likeness (QED) is 0.497. The van der Waals surface area contributed by atoms with Crippen LogP contribution in [0, 0.1) is 5.41 Å². The summed E-state index contributed by atoms with van der Waals surface area (Å²) in [4.78, 5) is 11.3. The third-order valence-electron chi connectivity index (χ3n) is 2.37. The van der Waals surface area contributed by atoms with Crippen LogP contribution in [0.2, 0.25) is 0 Å². The van der Waals surface area contributed by atoms with Gasteiger partial charge in [-0.15, -0.1) is 6.58 Å². The number of ether oxygens (including phenoxy) is 1. The topological polar surface area (TPSA) is 38.3 Å². The first-order valence-electron chi connectivity index (χ1n) is 4.15. The minimum absolute atomic E-state index is 0.0944. The van der Waals surface area contributed by atoms with Crippen LogP contribution in [0.4, 0.5) is 0 Å². The number of esters is 1. The van der Waals surface area contributed by atoms with Gasteiger partial charge in [-0.3, -0.25) is 4.79 Å². The molecule has 0 amide bonds. The molecule has 1 aliphatic heterocycles. The second-order valence-corrected chi connectivity index (χ2v) is 3.20. The lowest BCUT2D eigenvalue weighted by atomic mass is 9.77. The van der Waals surface area contributed by atoms with Crippen molar-refractivity contribution in [2.45, 2.75) is 12.8 Å². The molecule has 0 aromatic rings. The van der Waals surface area contributed by atoms with Crippen molar-refractivity contribution in [2.75, 3.05) is 20.2 Å². The molecule has 3 nitrogen and oxygen atoms in total. The summed E-state index contributed by atoms with van der Waals surface area (Å²) in [5.41, 5.74) is -0.261. The smallest absolute Gasteiger partial charge is 0.314 e. The summed E-state index contributed by atoms with van der Waals surface area (Å²) >= 11 is 0. The summed E-state index contributed by atoms with van der Waals surface area (Å²) in [6.07, 6.45) is 3.55. The SMILES string of the molecule is C=CCCC1(C(=O)OC)CNC1. The molecule has 1 fully saturated rings. The zero-order chi connectivity index (χ0) is 9.03. The Hall–Kier alpha value is -0.830. The van der Waals surface area contributed by atoms with E-state index in [9.17, 15) is 4.79 Å². The number of hydrogen-bond donors (Lipinski definition) is 1. The van der Waals surface area contributed by atoms with Crippen molar-refractivity contribution in [3.05, 3.63) is 12.7 Å². The highest BCUT2D eigenvalue weighted by atomic mass is 16.5. The molecule has 0 aliphatic carbocycles. The van der Waals surface area contributed by atoms with Crippen molar-refractivity contribution < 1.29 is 9.53 Å². The molecular weight excluding hydrogens is 154 g/mol. The van der Waals surface area contributed by atoms with Crippen molar-refractivity contribution in [1.29, 1.82) is 0 Å². The van der Waals surface area contributed by atoms with Crippen molar-refractivity contribution >= 4 is 5.97 Å². The third-order valence-corrected chi connectivity index (χ3v) is 2.37. The van der Waals surface area contributed by atoms with E-state index in [1.54, 1.807) is 0 Å². The van der Waals surface area contributed by atoms with Gasteiger partial charge in [-0.05, 0) is 12.8 Å². The van der Waals surface area contributed by atoms with Crippen LogP contribution in [0.3, 0.4) is 0 Å². The predicted octanol–water partition coefficient (Wildman–Crippen LogP) is 0.715. The Morgan fingerprint density at radius 1 is 1.75 bits per heavy atom. The van der Waals surface area contributed by atoms with Crippen molar-refractivity contribution in [3.8, 4) is 0 Å². The maximum absolute atomic E-state index is 11.3. The first kappa shape index (κ1) is 9.26. The molecule has 1 aliphatic rings. The highest BCUT2D eigenvalue weighted by Crippen LogP contribution is 2.29. The molecule has 0 bridgehead atoms. The van der Waals surface area contributed by atoms with E-state index in [0.717, 1.165) is 25.9 Å². The first-order valence-corrected chi connectivity index (χ1v) is 4.15. The zero-order valence-corrected chi connectivity index (χ0v) is 7.43. The molecule has 0 unspecified atom stereocenters. The molecule has 0 aromatic heterocycles. The van der Waals surface area contributed by atoms with E-state index in [1.807, 2.05) is 6.08 Å². The molecule has 0 radical (unpaired) electrons. The Morgan fingerprint density at radius 3 is 2.75 bits per heavy atom. The average molecular weight is 169 g/mol. The van der Waals surface area contributed by atoms with Gasteiger partial charge in [-0.1, -0.05) is 6.08 Å². The minimum atomic E-state index is -0.261. The summed E-state index contributed by atoms with van der Waals surface area (Å²) in [5, 5.41) is 3.09. The molecule has 1 N–H and O–H groups in total. The van der Waals surface area contributed by atoms with E-state index in [4.69, 9.17) is 4.74 Å². The standard InChI is InChI=1S/C9H15NO2/c1-3-4-5-9(6-10-7-9)8(11)12-2/h3,10H,1,4-7H2,2H3. The van der Waals surface area contributed by atoms with Crippen LogP contribution in [0.1, 0.15) is 12.8 Å². The van der Waals surface area contributed by atoms with E-state index in [1.165, 1.54) is 7.11 Å². The van der Waals surface area contributed by atoms with E-state index < -0.39 is 0 Å². The Labute approximate surface area is 72.8 Å². The zero-order valence-electron chi connectivity index (χ0n) is 7.43. The summed E-state index contributed by atoms with van der Waals surface area (Å²) in [7, 11) is 1.44. The Morgan fingerprint density at radius 2 is 2.42 bits per heavy atom. The lowest BCUT2D eigenvalue weighted by Gasteiger charge is -2.39. The average Bonchev–Trinajstić information content (AvgIpc) is 2.02. The molecule has 1 rings (SSSR count). The highest BCUT2D eigenvalue weighted by Gasteiger charge is 2.44. The van der Waals surface area contributed by atoms with Gasteiger partial charge in [-0.2, -0.15) is 0 Å². The fourth-order valence-electron chi connectivity index (χ4n) is 1.44. The molecule has 1 heterocycles. The number of carbonyl (C=O) groups excluding carboxylic acids is 1. The van der Waals surface area contributed by atoms with Gasteiger partial charge < -0.3 is 10.1 Å². The van der Waals surface area contributed by atoms with E-state index >= 15 is 0 Å². The number of hydrogen-bond acceptors (Lipinski definition) is 3. The van der Waals surface area contributed by atoms with Crippen LogP contribution in [-0.2, 0) is 9.53 Å². The van der Waals surface area contributed by atoms with Crippen LogP contribution in [-0.4, -0.2) is 26.2 Å². The summed E-state index contributed by atoms with van der Waals surface area (Å²) in [6.45, 7) is 5.12. The maximum atomic E-state index is 11.3. The molecule has 68 valence electrons. The van der Waals surface area contributed by atoms with Crippen molar-refractivity contribution in [3.63, 3.8) is 0 Å². The third kappa shape index (κ3) is 1.50. The summed E-state index contributed by atoms with van der Waals surface area (Å²) in [5.74, 6) is -0.0944. The number of nitrogens with one attached hydrogen (secondary N) is 1. The largest absolute Gasteiger partial charge is 0.469 e. The van der Waals surface area contributed by atoms with Gasteiger partial charge in [0.25, 0.3) is 0 Å². The Balaban J connectivity index is 2.50.